The molecule has 0 radical (unpaired) electrons. The third-order valence-corrected chi connectivity index (χ3v) is 3.44. The largest absolute Gasteiger partial charge is 0.496 e. The van der Waals surface area contributed by atoms with E-state index in [0.717, 1.165) is 28.4 Å². The third kappa shape index (κ3) is 3.67. The zero-order chi connectivity index (χ0) is 16.3. The number of rotatable bonds is 5. The van der Waals surface area contributed by atoms with Crippen molar-refractivity contribution in [2.24, 2.45) is 0 Å². The Labute approximate surface area is 131 Å². The van der Waals surface area contributed by atoms with E-state index in [2.05, 4.69) is 10.4 Å². The molecule has 0 bridgehead atoms. The van der Waals surface area contributed by atoms with Gasteiger partial charge in [-0.25, -0.2) is 4.68 Å². The first kappa shape index (κ1) is 16.1. The fraction of sp³-hybridized carbons (Fsp3) is 0.412. The molecule has 2 aromatic rings. The van der Waals surface area contributed by atoms with Crippen LogP contribution in [0, 0.1) is 13.8 Å². The summed E-state index contributed by atoms with van der Waals surface area (Å²) in [5.74, 6) is 1.52. The Bertz CT molecular complexity index is 675. The molecular weight excluding hydrogens is 278 g/mol. The van der Waals surface area contributed by atoms with Crippen LogP contribution in [0.5, 0.6) is 5.75 Å². The molecule has 0 aliphatic rings. The first-order chi connectivity index (χ1) is 10.4. The molecule has 5 heteroatoms. The zero-order valence-corrected chi connectivity index (χ0v) is 13.8. The summed E-state index contributed by atoms with van der Waals surface area (Å²) in [5.41, 5.74) is 2.88. The second kappa shape index (κ2) is 6.64. The lowest BCUT2D eigenvalue weighted by Gasteiger charge is -2.12. The Kier molecular flexibility index (Phi) is 4.85. The average Bonchev–Trinajstić information content (AvgIpc) is 2.79. The van der Waals surface area contributed by atoms with Crippen LogP contribution < -0.4 is 10.1 Å². The fourth-order valence-corrected chi connectivity index (χ4v) is 2.43. The lowest BCUT2D eigenvalue weighted by molar-refractivity contribution is -0.115. The number of hydrogen-bond donors (Lipinski definition) is 1. The molecule has 22 heavy (non-hydrogen) atoms. The van der Waals surface area contributed by atoms with Gasteiger partial charge in [0.2, 0.25) is 5.91 Å². The lowest BCUT2D eigenvalue weighted by Crippen LogP contribution is -2.18. The number of methoxy groups -OCH3 is 1. The highest BCUT2D eigenvalue weighted by Gasteiger charge is 2.12. The quantitative estimate of drug-likeness (QED) is 0.922. The first-order valence-electron chi connectivity index (χ1n) is 7.40. The molecular formula is C17H23N3O2. The van der Waals surface area contributed by atoms with Gasteiger partial charge in [0, 0.05) is 12.1 Å². The molecule has 0 spiro atoms. The number of hydrogen-bond acceptors (Lipinski definition) is 3. The Morgan fingerprint density at radius 2 is 2.05 bits per heavy atom. The molecule has 1 heterocycles. The topological polar surface area (TPSA) is 56.1 Å². The van der Waals surface area contributed by atoms with Crippen LogP contribution >= 0.6 is 0 Å². The lowest BCUT2D eigenvalue weighted by atomic mass is 10.1. The maximum atomic E-state index is 12.2. The van der Waals surface area contributed by atoms with E-state index >= 15 is 0 Å². The molecule has 2 rings (SSSR count). The van der Waals surface area contributed by atoms with Gasteiger partial charge in [-0.2, -0.15) is 5.10 Å². The number of nitrogens with one attached hydrogen (secondary N) is 1. The van der Waals surface area contributed by atoms with Crippen LogP contribution in [-0.2, 0) is 11.2 Å². The summed E-state index contributed by atoms with van der Waals surface area (Å²) in [6, 6.07) is 7.87. The predicted octanol–water partition coefficient (Wildman–Crippen LogP) is 3.27. The standard InChI is InChI=1S/C17H23N3O2/c1-11(2)20-16(9-13(4)19-20)18-17(21)10-14-6-7-15(22-5)12(3)8-14/h6-9,11H,10H2,1-5H3,(H,18,21). The molecule has 5 nitrogen and oxygen atoms in total. The smallest absolute Gasteiger partial charge is 0.229 e. The van der Waals surface area contributed by atoms with E-state index in [9.17, 15) is 4.79 Å². The molecule has 0 aliphatic carbocycles. The molecule has 0 fully saturated rings. The molecule has 0 saturated carbocycles. The van der Waals surface area contributed by atoms with Gasteiger partial charge in [0.25, 0.3) is 0 Å². The summed E-state index contributed by atoms with van der Waals surface area (Å²) in [7, 11) is 1.64. The molecule has 1 N–H and O–H groups in total. The number of ether oxygens (including phenoxy) is 1. The van der Waals surface area contributed by atoms with E-state index in [-0.39, 0.29) is 11.9 Å². The fourth-order valence-electron chi connectivity index (χ4n) is 2.43. The van der Waals surface area contributed by atoms with E-state index < -0.39 is 0 Å². The highest BCUT2D eigenvalue weighted by molar-refractivity contribution is 5.91. The minimum Gasteiger partial charge on any atom is -0.496 e. The van der Waals surface area contributed by atoms with Crippen LogP contribution in [0.25, 0.3) is 0 Å². The molecule has 1 aromatic carbocycles. The number of amides is 1. The van der Waals surface area contributed by atoms with Crippen LogP contribution in [0.4, 0.5) is 5.82 Å². The van der Waals surface area contributed by atoms with E-state index in [0.29, 0.717) is 6.42 Å². The van der Waals surface area contributed by atoms with Gasteiger partial charge in [-0.1, -0.05) is 12.1 Å². The van der Waals surface area contributed by atoms with Gasteiger partial charge >= 0.3 is 0 Å². The molecule has 0 atom stereocenters. The van der Waals surface area contributed by atoms with Crippen molar-refractivity contribution in [2.45, 2.75) is 40.2 Å². The Morgan fingerprint density at radius 3 is 2.64 bits per heavy atom. The van der Waals surface area contributed by atoms with Gasteiger partial charge in [-0.05, 0) is 44.9 Å². The number of anilines is 1. The van der Waals surface area contributed by atoms with E-state index in [1.54, 1.807) is 7.11 Å². The summed E-state index contributed by atoms with van der Waals surface area (Å²) in [4.78, 5) is 12.2. The van der Waals surface area contributed by atoms with Crippen LogP contribution in [-0.4, -0.2) is 22.8 Å². The Balaban J connectivity index is 2.09. The van der Waals surface area contributed by atoms with Crippen molar-refractivity contribution in [1.29, 1.82) is 0 Å². The summed E-state index contributed by atoms with van der Waals surface area (Å²) in [6.07, 6.45) is 0.327. The molecule has 1 amide bonds. The monoisotopic (exact) mass is 301 g/mol. The Hall–Kier alpha value is -2.30. The van der Waals surface area contributed by atoms with Crippen molar-refractivity contribution in [3.8, 4) is 5.75 Å². The van der Waals surface area contributed by atoms with Crippen molar-refractivity contribution in [3.63, 3.8) is 0 Å². The van der Waals surface area contributed by atoms with Gasteiger partial charge in [0.15, 0.2) is 0 Å². The predicted molar refractivity (Wildman–Crippen MR) is 87.4 cm³/mol. The second-order valence-corrected chi connectivity index (χ2v) is 5.74. The van der Waals surface area contributed by atoms with Crippen molar-refractivity contribution in [1.82, 2.24) is 9.78 Å². The van der Waals surface area contributed by atoms with Crippen LogP contribution in [0.3, 0.4) is 0 Å². The minimum atomic E-state index is -0.0497. The molecule has 0 aliphatic heterocycles. The van der Waals surface area contributed by atoms with Crippen molar-refractivity contribution >= 4 is 11.7 Å². The third-order valence-electron chi connectivity index (χ3n) is 3.44. The molecule has 0 unspecified atom stereocenters. The van der Waals surface area contributed by atoms with Gasteiger partial charge in [-0.15, -0.1) is 0 Å². The van der Waals surface area contributed by atoms with E-state index in [1.165, 1.54) is 0 Å². The summed E-state index contributed by atoms with van der Waals surface area (Å²) in [6.45, 7) is 7.96. The van der Waals surface area contributed by atoms with E-state index in [4.69, 9.17) is 4.74 Å². The average molecular weight is 301 g/mol. The van der Waals surface area contributed by atoms with Crippen molar-refractivity contribution in [3.05, 3.63) is 41.1 Å². The maximum absolute atomic E-state index is 12.2. The van der Waals surface area contributed by atoms with Crippen molar-refractivity contribution in [2.75, 3.05) is 12.4 Å². The SMILES string of the molecule is COc1ccc(CC(=O)Nc2cc(C)nn2C(C)C)cc1C. The molecule has 0 saturated heterocycles. The number of carbonyl (C=O) groups is 1. The Morgan fingerprint density at radius 1 is 1.32 bits per heavy atom. The van der Waals surface area contributed by atoms with Crippen LogP contribution in [0.15, 0.2) is 24.3 Å². The maximum Gasteiger partial charge on any atom is 0.229 e. The normalized spacial score (nSPS) is 10.8. The summed E-state index contributed by atoms with van der Waals surface area (Å²) in [5, 5.41) is 7.33. The highest BCUT2D eigenvalue weighted by Crippen LogP contribution is 2.20. The minimum absolute atomic E-state index is 0.0497. The molecule has 1 aromatic heterocycles. The van der Waals surface area contributed by atoms with Crippen LogP contribution in [0.1, 0.15) is 36.7 Å². The van der Waals surface area contributed by atoms with Gasteiger partial charge in [0.05, 0.1) is 19.2 Å². The number of carbonyl (C=O) groups excluding carboxylic acids is 1. The van der Waals surface area contributed by atoms with Gasteiger partial charge in [-0.3, -0.25) is 4.79 Å². The summed E-state index contributed by atoms with van der Waals surface area (Å²) >= 11 is 0. The number of nitrogens with zero attached hydrogens (tertiary/aromatic N) is 2. The van der Waals surface area contributed by atoms with Gasteiger partial charge < -0.3 is 10.1 Å². The highest BCUT2D eigenvalue weighted by atomic mass is 16.5. The molecule has 118 valence electrons. The van der Waals surface area contributed by atoms with E-state index in [1.807, 2.05) is 56.6 Å². The summed E-state index contributed by atoms with van der Waals surface area (Å²) < 4.78 is 7.06. The number of aromatic nitrogens is 2. The second-order valence-electron chi connectivity index (χ2n) is 5.74. The number of aryl methyl sites for hydroxylation is 2. The van der Waals surface area contributed by atoms with Crippen molar-refractivity contribution < 1.29 is 9.53 Å². The number of benzene rings is 1. The van der Waals surface area contributed by atoms with Crippen LogP contribution in [0.2, 0.25) is 0 Å². The van der Waals surface area contributed by atoms with Gasteiger partial charge in [0.1, 0.15) is 11.6 Å². The zero-order valence-electron chi connectivity index (χ0n) is 13.8. The first-order valence-corrected chi connectivity index (χ1v) is 7.40.